The Labute approximate surface area is 129 Å². The van der Waals surface area contributed by atoms with Crippen LogP contribution in [0.3, 0.4) is 0 Å². The SMILES string of the molecule is CCCN(C(C)C)S(=O)(=O)Cc1ccc(CNCC)cc1. The standard InChI is InChI=1S/C16H28N2O2S/c1-5-11-18(14(3)4)21(19,20)13-16-9-7-15(8-10-16)12-17-6-2/h7-10,14,17H,5-6,11-13H2,1-4H3. The predicted molar refractivity (Wildman–Crippen MR) is 88.6 cm³/mol. The maximum absolute atomic E-state index is 12.5. The molecule has 0 aliphatic carbocycles. The summed E-state index contributed by atoms with van der Waals surface area (Å²) in [6.07, 6.45) is 0.832. The third kappa shape index (κ3) is 5.77. The minimum Gasteiger partial charge on any atom is -0.313 e. The minimum absolute atomic E-state index is 0.00276. The van der Waals surface area contributed by atoms with Gasteiger partial charge in [0.15, 0.2) is 0 Å². The van der Waals surface area contributed by atoms with Crippen molar-refractivity contribution in [3.05, 3.63) is 35.4 Å². The van der Waals surface area contributed by atoms with Crippen molar-refractivity contribution in [2.24, 2.45) is 0 Å². The van der Waals surface area contributed by atoms with Crippen molar-refractivity contribution >= 4 is 10.0 Å². The Hall–Kier alpha value is -0.910. The molecule has 21 heavy (non-hydrogen) atoms. The van der Waals surface area contributed by atoms with Crippen LogP contribution in [0.4, 0.5) is 0 Å². The Balaban J connectivity index is 2.78. The molecule has 1 aromatic rings. The summed E-state index contributed by atoms with van der Waals surface area (Å²) in [5, 5.41) is 3.26. The van der Waals surface area contributed by atoms with E-state index in [2.05, 4.69) is 12.2 Å². The first-order chi connectivity index (χ1) is 9.90. The van der Waals surface area contributed by atoms with Crippen LogP contribution in [0.1, 0.15) is 45.2 Å². The molecule has 1 aromatic carbocycles. The van der Waals surface area contributed by atoms with Crippen LogP contribution in [0.5, 0.6) is 0 Å². The lowest BCUT2D eigenvalue weighted by atomic mass is 10.1. The molecule has 0 saturated carbocycles. The van der Waals surface area contributed by atoms with E-state index in [-0.39, 0.29) is 11.8 Å². The molecule has 4 nitrogen and oxygen atoms in total. The van der Waals surface area contributed by atoms with Crippen molar-refractivity contribution in [1.29, 1.82) is 0 Å². The highest BCUT2D eigenvalue weighted by Crippen LogP contribution is 2.15. The molecule has 120 valence electrons. The van der Waals surface area contributed by atoms with E-state index < -0.39 is 10.0 Å². The molecule has 0 spiro atoms. The normalized spacial score (nSPS) is 12.3. The zero-order valence-corrected chi connectivity index (χ0v) is 14.4. The molecule has 0 unspecified atom stereocenters. The van der Waals surface area contributed by atoms with E-state index in [0.29, 0.717) is 6.54 Å². The zero-order chi connectivity index (χ0) is 15.9. The van der Waals surface area contributed by atoms with Crippen molar-refractivity contribution < 1.29 is 8.42 Å². The van der Waals surface area contributed by atoms with E-state index in [1.165, 1.54) is 5.56 Å². The largest absolute Gasteiger partial charge is 0.313 e. The van der Waals surface area contributed by atoms with Gasteiger partial charge >= 0.3 is 0 Å². The number of sulfonamides is 1. The van der Waals surface area contributed by atoms with E-state index >= 15 is 0 Å². The van der Waals surface area contributed by atoms with Crippen molar-refractivity contribution in [3.63, 3.8) is 0 Å². The highest BCUT2D eigenvalue weighted by molar-refractivity contribution is 7.88. The summed E-state index contributed by atoms with van der Waals surface area (Å²) < 4.78 is 26.6. The third-order valence-electron chi connectivity index (χ3n) is 3.33. The van der Waals surface area contributed by atoms with Crippen LogP contribution in [0.25, 0.3) is 0 Å². The molecule has 0 atom stereocenters. The first-order valence-electron chi connectivity index (χ1n) is 7.68. The first kappa shape index (κ1) is 18.1. The van der Waals surface area contributed by atoms with Gasteiger partial charge in [-0.1, -0.05) is 38.1 Å². The summed E-state index contributed by atoms with van der Waals surface area (Å²) in [5.41, 5.74) is 2.02. The zero-order valence-electron chi connectivity index (χ0n) is 13.6. The molecule has 0 radical (unpaired) electrons. The molecule has 0 fully saturated rings. The van der Waals surface area contributed by atoms with Gasteiger partial charge in [-0.2, -0.15) is 4.31 Å². The van der Waals surface area contributed by atoms with E-state index in [0.717, 1.165) is 25.1 Å². The van der Waals surface area contributed by atoms with Gasteiger partial charge in [0.05, 0.1) is 5.75 Å². The molecule has 0 amide bonds. The van der Waals surface area contributed by atoms with E-state index in [1.807, 2.05) is 45.0 Å². The van der Waals surface area contributed by atoms with E-state index in [1.54, 1.807) is 4.31 Å². The molecule has 0 aromatic heterocycles. The molecule has 0 saturated heterocycles. The van der Waals surface area contributed by atoms with Crippen molar-refractivity contribution in [3.8, 4) is 0 Å². The fraction of sp³-hybridized carbons (Fsp3) is 0.625. The fourth-order valence-electron chi connectivity index (χ4n) is 2.26. The molecule has 0 heterocycles. The van der Waals surface area contributed by atoms with Crippen LogP contribution in [0.2, 0.25) is 0 Å². The molecule has 0 bridgehead atoms. The van der Waals surface area contributed by atoms with Gasteiger partial charge in [-0.3, -0.25) is 0 Å². The molecule has 1 rings (SSSR count). The Morgan fingerprint density at radius 2 is 1.67 bits per heavy atom. The van der Waals surface area contributed by atoms with E-state index in [9.17, 15) is 8.42 Å². The average Bonchev–Trinajstić information content (AvgIpc) is 2.43. The Kier molecular flexibility index (Phi) is 7.35. The lowest BCUT2D eigenvalue weighted by molar-refractivity contribution is 0.353. The van der Waals surface area contributed by atoms with E-state index in [4.69, 9.17) is 0 Å². The topological polar surface area (TPSA) is 49.4 Å². The van der Waals surface area contributed by atoms with Gasteiger partial charge in [0.1, 0.15) is 0 Å². The second-order valence-corrected chi connectivity index (χ2v) is 7.48. The van der Waals surface area contributed by atoms with Gasteiger partial charge in [-0.15, -0.1) is 0 Å². The smallest absolute Gasteiger partial charge is 0.218 e. The van der Waals surface area contributed by atoms with Crippen LogP contribution >= 0.6 is 0 Å². The summed E-state index contributed by atoms with van der Waals surface area (Å²) in [6, 6.07) is 7.81. The molecular weight excluding hydrogens is 284 g/mol. The third-order valence-corrected chi connectivity index (χ3v) is 5.35. The second kappa shape index (κ2) is 8.51. The van der Waals surface area contributed by atoms with Gasteiger partial charge in [0, 0.05) is 19.1 Å². The van der Waals surface area contributed by atoms with Crippen LogP contribution in [0.15, 0.2) is 24.3 Å². The molecule has 1 N–H and O–H groups in total. The Bertz CT molecular complexity index is 510. The van der Waals surface area contributed by atoms with Crippen LogP contribution < -0.4 is 5.32 Å². The van der Waals surface area contributed by atoms with Gasteiger partial charge < -0.3 is 5.32 Å². The lowest BCUT2D eigenvalue weighted by Crippen LogP contribution is -2.38. The van der Waals surface area contributed by atoms with Crippen molar-refractivity contribution in [1.82, 2.24) is 9.62 Å². The number of rotatable bonds is 9. The van der Waals surface area contributed by atoms with Crippen molar-refractivity contribution in [2.75, 3.05) is 13.1 Å². The molecule has 0 aliphatic heterocycles. The van der Waals surface area contributed by atoms with Gasteiger partial charge in [-0.05, 0) is 37.9 Å². The highest BCUT2D eigenvalue weighted by Gasteiger charge is 2.24. The second-order valence-electron chi connectivity index (χ2n) is 5.56. The quantitative estimate of drug-likeness (QED) is 0.763. The maximum atomic E-state index is 12.5. The first-order valence-corrected chi connectivity index (χ1v) is 9.29. The van der Waals surface area contributed by atoms with Crippen LogP contribution in [-0.2, 0) is 22.3 Å². The number of benzene rings is 1. The number of hydrogen-bond donors (Lipinski definition) is 1. The summed E-state index contributed by atoms with van der Waals surface area (Å²) >= 11 is 0. The summed E-state index contributed by atoms with van der Waals surface area (Å²) in [6.45, 7) is 10.2. The Morgan fingerprint density at radius 1 is 1.10 bits per heavy atom. The van der Waals surface area contributed by atoms with Gasteiger partial charge in [0.25, 0.3) is 0 Å². The summed E-state index contributed by atoms with van der Waals surface area (Å²) in [5.74, 6) is 0.0761. The maximum Gasteiger partial charge on any atom is 0.218 e. The fourth-order valence-corrected chi connectivity index (χ4v) is 4.14. The highest BCUT2D eigenvalue weighted by atomic mass is 32.2. The number of nitrogens with one attached hydrogen (secondary N) is 1. The van der Waals surface area contributed by atoms with Gasteiger partial charge in [0.2, 0.25) is 10.0 Å². The molecular formula is C16H28N2O2S. The Morgan fingerprint density at radius 3 is 2.14 bits per heavy atom. The number of nitrogens with zero attached hydrogens (tertiary/aromatic N) is 1. The van der Waals surface area contributed by atoms with Gasteiger partial charge in [-0.25, -0.2) is 8.42 Å². The summed E-state index contributed by atoms with van der Waals surface area (Å²) in [7, 11) is -3.25. The van der Waals surface area contributed by atoms with Crippen molar-refractivity contribution in [2.45, 2.75) is 52.5 Å². The molecule has 5 heteroatoms. The monoisotopic (exact) mass is 312 g/mol. The lowest BCUT2D eigenvalue weighted by Gasteiger charge is -2.25. The number of hydrogen-bond acceptors (Lipinski definition) is 3. The van der Waals surface area contributed by atoms with Crippen LogP contribution in [-0.4, -0.2) is 31.9 Å². The summed E-state index contributed by atoms with van der Waals surface area (Å²) in [4.78, 5) is 0. The molecule has 0 aliphatic rings. The average molecular weight is 312 g/mol. The minimum atomic E-state index is -3.25. The predicted octanol–water partition coefficient (Wildman–Crippen LogP) is 2.75. The van der Waals surface area contributed by atoms with Crippen LogP contribution in [0, 0.1) is 0 Å².